The monoisotopic (exact) mass is 1140 g/mol. The van der Waals surface area contributed by atoms with Gasteiger partial charge in [0.25, 0.3) is 0 Å². The molecule has 0 spiro atoms. The summed E-state index contributed by atoms with van der Waals surface area (Å²) in [5.74, 6) is 3.75. The van der Waals surface area contributed by atoms with Gasteiger partial charge in [-0.2, -0.15) is 0 Å². The maximum absolute atomic E-state index is 20.8. The maximum atomic E-state index is 20.8. The van der Waals surface area contributed by atoms with Gasteiger partial charge in [0.1, 0.15) is 0 Å². The molecular weight excluding hydrogens is 989 g/mol. The first-order chi connectivity index (χ1) is 40.0. The molecule has 1 heteroatoms. The molecule has 82 heavy (non-hydrogen) atoms. The molecule has 0 aromatic carbocycles. The van der Waals surface area contributed by atoms with Gasteiger partial charge in [-0.25, -0.2) is 0 Å². The van der Waals surface area contributed by atoms with Gasteiger partial charge in [0, 0.05) is 0 Å². The van der Waals surface area contributed by atoms with Crippen LogP contribution in [0.4, 0.5) is 0 Å². The molecule has 1 nitrogen and oxygen atoms in total. The number of carbonyl (C=O) groups is 1. The molecule has 0 aliphatic heterocycles. The van der Waals surface area contributed by atoms with E-state index in [2.05, 4.69) is 55.4 Å². The van der Waals surface area contributed by atoms with E-state index in [1.807, 2.05) is 11.1 Å². The van der Waals surface area contributed by atoms with Crippen molar-refractivity contribution in [1.29, 1.82) is 0 Å². The van der Waals surface area contributed by atoms with Gasteiger partial charge in [-0.05, 0) is 138 Å². The zero-order valence-corrected chi connectivity index (χ0v) is 57.4. The molecule has 0 radical (unpaired) electrons. The average Bonchev–Trinajstić information content (AvgIpc) is 0.899. The Morgan fingerprint density at radius 2 is 0.451 bits per heavy atom. The summed E-state index contributed by atoms with van der Waals surface area (Å²) in [6.07, 6.45) is 79.0. The van der Waals surface area contributed by atoms with Crippen molar-refractivity contribution in [3.05, 3.63) is 22.3 Å². The van der Waals surface area contributed by atoms with Crippen LogP contribution in [-0.2, 0) is 4.79 Å². The minimum absolute atomic E-state index is 0.134. The Morgan fingerprint density at radius 3 is 0.671 bits per heavy atom. The second-order valence-electron chi connectivity index (χ2n) is 31.8. The van der Waals surface area contributed by atoms with Crippen LogP contribution < -0.4 is 0 Å². The van der Waals surface area contributed by atoms with Gasteiger partial charge in [-0.3, -0.25) is 4.79 Å². The van der Waals surface area contributed by atoms with Gasteiger partial charge in [0.05, 0.1) is 10.8 Å². The van der Waals surface area contributed by atoms with Gasteiger partial charge in [0.2, 0.25) is 0 Å². The maximum Gasteiger partial charge on any atom is 0.154 e. The zero-order valence-electron chi connectivity index (χ0n) is 57.4. The summed E-state index contributed by atoms with van der Waals surface area (Å²) < 4.78 is 0. The summed E-state index contributed by atoms with van der Waals surface area (Å²) in [4.78, 5) is 20.8. The average molecular weight is 1140 g/mol. The predicted octanol–water partition coefficient (Wildman–Crippen LogP) is 27.7. The van der Waals surface area contributed by atoms with E-state index in [4.69, 9.17) is 0 Å². The molecule has 0 aromatic rings. The number of carbonyl (C=O) groups excluding carboxylic acids is 1. The standard InChI is InChI=1S/C81H146O/c1-67(2)75(71-57-45-33-21-9-10-22-34-46-58-71)80(73-61-49-37-25-13-14-26-38-50-62-73,78(7)65-53-41-29-17-19-31-43-55-69(78)5)77(82)81(74-63-51-39-27-15-16-28-40-52-64-74,79(8)66-54-42-30-18-20-32-44-56-70(79)6)76(68(3)4)72-59-47-35-23-11-12-24-36-48-60-72/h69-74H,9-66H2,1-8H3. The fourth-order valence-electron chi connectivity index (χ4n) is 21.0. The summed E-state index contributed by atoms with van der Waals surface area (Å²) in [5.41, 5.74) is 5.58. The number of hydrogen-bond acceptors (Lipinski definition) is 1. The lowest BCUT2D eigenvalue weighted by atomic mass is 9.35. The Balaban J connectivity index is 1.91. The van der Waals surface area contributed by atoms with Crippen LogP contribution in [0.5, 0.6) is 0 Å². The molecule has 0 bridgehead atoms. The van der Waals surface area contributed by atoms with Crippen molar-refractivity contribution in [3.63, 3.8) is 0 Å². The van der Waals surface area contributed by atoms with Crippen molar-refractivity contribution in [2.45, 2.75) is 428 Å². The lowest BCUT2D eigenvalue weighted by Gasteiger charge is -2.66. The second kappa shape index (κ2) is 38.5. The van der Waals surface area contributed by atoms with E-state index in [1.165, 1.54) is 372 Å². The highest BCUT2D eigenvalue weighted by Gasteiger charge is 2.71. The molecule has 0 heterocycles. The summed E-state index contributed by atoms with van der Waals surface area (Å²) in [5, 5.41) is 0. The molecule has 6 unspecified atom stereocenters. The molecule has 6 aliphatic carbocycles. The van der Waals surface area contributed by atoms with Crippen LogP contribution in [0.3, 0.4) is 0 Å². The van der Waals surface area contributed by atoms with Crippen LogP contribution in [-0.4, -0.2) is 5.78 Å². The molecule has 0 aromatic heterocycles. The van der Waals surface area contributed by atoms with E-state index in [0.29, 0.717) is 35.5 Å². The van der Waals surface area contributed by atoms with Gasteiger partial charge < -0.3 is 0 Å². The SMILES string of the molecule is CC(C)=C(C1CCCCCCCCCC1)C(C(=O)C(C(=C(C)C)C1CCCCCCCCCC1)(C1CCCCCCCCCC1)C1(C)CCCCCCCCCC1C)(C1CCCCCCCCCC1)C1(C)CCCCCCCCCC1C. The first-order valence-electron chi connectivity index (χ1n) is 38.9. The number of ketones is 1. The van der Waals surface area contributed by atoms with E-state index in [0.717, 1.165) is 5.78 Å². The lowest BCUT2D eigenvalue weighted by Crippen LogP contribution is -2.67. The molecule has 0 amide bonds. The second-order valence-corrected chi connectivity index (χ2v) is 31.8. The van der Waals surface area contributed by atoms with Crippen molar-refractivity contribution in [1.82, 2.24) is 0 Å². The summed E-state index contributed by atoms with van der Waals surface area (Å²) in [7, 11) is 0. The van der Waals surface area contributed by atoms with Gasteiger partial charge in [-0.1, -0.05) is 358 Å². The molecule has 0 N–H and O–H groups in total. The highest BCUT2D eigenvalue weighted by Crippen LogP contribution is 2.72. The Hall–Kier alpha value is -0.850. The Labute approximate surface area is 515 Å². The van der Waals surface area contributed by atoms with E-state index < -0.39 is 10.8 Å². The summed E-state index contributed by atoms with van der Waals surface area (Å²) in [6, 6.07) is 0. The van der Waals surface area contributed by atoms with E-state index >= 15 is 4.79 Å². The van der Waals surface area contributed by atoms with Crippen LogP contribution in [0.1, 0.15) is 428 Å². The third kappa shape index (κ3) is 19.1. The molecule has 6 aliphatic rings. The molecular formula is C81H146O. The number of hydrogen-bond donors (Lipinski definition) is 0. The van der Waals surface area contributed by atoms with Gasteiger partial charge in [0.15, 0.2) is 5.78 Å². The minimum Gasteiger partial charge on any atom is -0.298 e. The van der Waals surface area contributed by atoms with E-state index in [-0.39, 0.29) is 10.8 Å². The first kappa shape index (κ1) is 70.2. The Kier molecular flexibility index (Phi) is 33.0. The van der Waals surface area contributed by atoms with E-state index in [9.17, 15) is 0 Å². The van der Waals surface area contributed by atoms with Crippen molar-refractivity contribution in [2.75, 3.05) is 0 Å². The fourth-order valence-corrected chi connectivity index (χ4v) is 21.0. The van der Waals surface area contributed by atoms with Crippen LogP contribution in [0, 0.1) is 57.2 Å². The first-order valence-corrected chi connectivity index (χ1v) is 38.9. The van der Waals surface area contributed by atoms with Crippen LogP contribution in [0.15, 0.2) is 22.3 Å². The summed E-state index contributed by atoms with van der Waals surface area (Å²) >= 11 is 0. The molecule has 0 saturated heterocycles. The highest BCUT2D eigenvalue weighted by molar-refractivity contribution is 5.98. The topological polar surface area (TPSA) is 17.1 Å². The quantitative estimate of drug-likeness (QED) is 0.199. The van der Waals surface area contributed by atoms with Crippen molar-refractivity contribution >= 4 is 5.78 Å². The van der Waals surface area contributed by atoms with E-state index in [1.54, 1.807) is 11.1 Å². The van der Waals surface area contributed by atoms with Crippen molar-refractivity contribution in [3.8, 4) is 0 Å². The molecule has 6 fully saturated rings. The third-order valence-corrected chi connectivity index (χ3v) is 25.7. The zero-order chi connectivity index (χ0) is 58.4. The molecule has 6 atom stereocenters. The Bertz CT molecular complexity index is 1600. The number of Topliss-reactive ketones (excluding diaryl/α,β-unsaturated/α-hetero) is 1. The van der Waals surface area contributed by atoms with Crippen molar-refractivity contribution in [2.24, 2.45) is 57.2 Å². The fraction of sp³-hybridized carbons (Fsp3) is 0.938. The molecule has 476 valence electrons. The largest absolute Gasteiger partial charge is 0.298 e. The van der Waals surface area contributed by atoms with Gasteiger partial charge in [-0.15, -0.1) is 0 Å². The highest BCUT2D eigenvalue weighted by atomic mass is 16.1. The molecule has 6 saturated carbocycles. The van der Waals surface area contributed by atoms with Crippen LogP contribution in [0.25, 0.3) is 0 Å². The third-order valence-electron chi connectivity index (χ3n) is 25.7. The number of allylic oxidation sites excluding steroid dienone is 4. The van der Waals surface area contributed by atoms with Crippen molar-refractivity contribution < 1.29 is 4.79 Å². The summed E-state index contributed by atoms with van der Waals surface area (Å²) in [6.45, 7) is 22.2. The molecule has 6 rings (SSSR count). The Morgan fingerprint density at radius 1 is 0.268 bits per heavy atom. The smallest absolute Gasteiger partial charge is 0.154 e. The normalized spacial score (nSPS) is 30.7. The van der Waals surface area contributed by atoms with Crippen LogP contribution >= 0.6 is 0 Å². The lowest BCUT2D eigenvalue weighted by molar-refractivity contribution is -0.173. The van der Waals surface area contributed by atoms with Crippen LogP contribution in [0.2, 0.25) is 0 Å². The van der Waals surface area contributed by atoms with Gasteiger partial charge >= 0.3 is 0 Å². The minimum atomic E-state index is -0.520. The predicted molar refractivity (Wildman–Crippen MR) is 363 cm³/mol. The number of rotatable bonds is 10.